The van der Waals surface area contributed by atoms with Crippen molar-refractivity contribution in [1.82, 2.24) is 0 Å². The van der Waals surface area contributed by atoms with Crippen LogP contribution in [0.3, 0.4) is 0 Å². The number of nitrogens with two attached hydrogens (primary N) is 1. The molecule has 0 fully saturated rings. The molecule has 1 atom stereocenters. The van der Waals surface area contributed by atoms with Crippen LogP contribution in [0, 0.1) is 13.8 Å². The minimum atomic E-state index is -0.214. The number of hydrogen-bond acceptors (Lipinski definition) is 2. The summed E-state index contributed by atoms with van der Waals surface area (Å²) in [5, 5.41) is 0.729. The van der Waals surface area contributed by atoms with Crippen molar-refractivity contribution in [2.24, 2.45) is 5.73 Å². The minimum absolute atomic E-state index is 0.214. The lowest BCUT2D eigenvalue weighted by molar-refractivity contribution is 0.335. The van der Waals surface area contributed by atoms with Gasteiger partial charge in [-0.05, 0) is 50.1 Å². The van der Waals surface area contributed by atoms with Crippen LogP contribution in [0.2, 0.25) is 5.02 Å². The van der Waals surface area contributed by atoms with Gasteiger partial charge in [0.05, 0.1) is 12.6 Å². The van der Waals surface area contributed by atoms with Gasteiger partial charge < -0.3 is 10.5 Å². The first kappa shape index (κ1) is 14.9. The van der Waals surface area contributed by atoms with Crippen molar-refractivity contribution in [3.63, 3.8) is 0 Å². The standard InChI is InChI=1S/C17H20ClNO/c1-4-20-16-8-5-11(2)9-15(16)17(19)14-7-6-13(18)10-12(14)3/h5-10,17H,4,19H2,1-3H3. The fourth-order valence-corrected chi connectivity index (χ4v) is 2.58. The molecular weight excluding hydrogens is 270 g/mol. The van der Waals surface area contributed by atoms with Gasteiger partial charge in [-0.15, -0.1) is 0 Å². The van der Waals surface area contributed by atoms with Crippen molar-refractivity contribution in [3.8, 4) is 5.75 Å². The molecule has 20 heavy (non-hydrogen) atoms. The predicted molar refractivity (Wildman–Crippen MR) is 84.6 cm³/mol. The molecule has 3 heteroatoms. The molecule has 0 aliphatic carbocycles. The first-order valence-electron chi connectivity index (χ1n) is 6.78. The summed E-state index contributed by atoms with van der Waals surface area (Å²) in [6, 6.07) is 11.7. The molecule has 106 valence electrons. The van der Waals surface area contributed by atoms with Gasteiger partial charge in [-0.25, -0.2) is 0 Å². The van der Waals surface area contributed by atoms with Gasteiger partial charge in [0, 0.05) is 10.6 Å². The zero-order valence-corrected chi connectivity index (χ0v) is 12.9. The average Bonchev–Trinajstić information content (AvgIpc) is 2.40. The van der Waals surface area contributed by atoms with Crippen LogP contribution in [0.25, 0.3) is 0 Å². The summed E-state index contributed by atoms with van der Waals surface area (Å²) in [6.45, 7) is 6.68. The number of halogens is 1. The monoisotopic (exact) mass is 289 g/mol. The summed E-state index contributed by atoms with van der Waals surface area (Å²) in [5.41, 5.74) is 10.8. The third-order valence-corrected chi connectivity index (χ3v) is 3.60. The van der Waals surface area contributed by atoms with Gasteiger partial charge >= 0.3 is 0 Å². The van der Waals surface area contributed by atoms with Crippen LogP contribution in [-0.2, 0) is 0 Å². The highest BCUT2D eigenvalue weighted by molar-refractivity contribution is 6.30. The molecule has 2 aromatic rings. The molecule has 0 amide bonds. The second kappa shape index (κ2) is 6.29. The normalized spacial score (nSPS) is 12.2. The summed E-state index contributed by atoms with van der Waals surface area (Å²) in [4.78, 5) is 0. The molecule has 0 aromatic heterocycles. The zero-order chi connectivity index (χ0) is 14.7. The van der Waals surface area contributed by atoms with Gasteiger partial charge in [0.1, 0.15) is 5.75 Å². The van der Waals surface area contributed by atoms with E-state index in [2.05, 4.69) is 13.0 Å². The molecule has 2 rings (SSSR count). The fourth-order valence-electron chi connectivity index (χ4n) is 2.35. The molecular formula is C17H20ClNO. The van der Waals surface area contributed by atoms with Gasteiger partial charge in [0.25, 0.3) is 0 Å². The molecule has 1 unspecified atom stereocenters. The highest BCUT2D eigenvalue weighted by atomic mass is 35.5. The maximum Gasteiger partial charge on any atom is 0.124 e. The van der Waals surface area contributed by atoms with Crippen molar-refractivity contribution in [3.05, 3.63) is 63.7 Å². The molecule has 0 heterocycles. The first-order valence-corrected chi connectivity index (χ1v) is 7.15. The lowest BCUT2D eigenvalue weighted by Crippen LogP contribution is -2.15. The van der Waals surface area contributed by atoms with Crippen molar-refractivity contribution in [1.29, 1.82) is 0 Å². The molecule has 0 aliphatic rings. The number of hydrogen-bond donors (Lipinski definition) is 1. The molecule has 0 saturated carbocycles. The fraction of sp³-hybridized carbons (Fsp3) is 0.294. The Morgan fingerprint density at radius 3 is 2.50 bits per heavy atom. The Labute approximate surface area is 125 Å². The van der Waals surface area contributed by atoms with E-state index in [0.29, 0.717) is 6.61 Å². The molecule has 0 bridgehead atoms. The highest BCUT2D eigenvalue weighted by Gasteiger charge is 2.16. The van der Waals surface area contributed by atoms with Crippen LogP contribution in [0.4, 0.5) is 0 Å². The van der Waals surface area contributed by atoms with Crippen LogP contribution in [0.15, 0.2) is 36.4 Å². The molecule has 2 nitrogen and oxygen atoms in total. The van der Waals surface area contributed by atoms with Gasteiger partial charge in [-0.2, -0.15) is 0 Å². The second-order valence-electron chi connectivity index (χ2n) is 4.95. The molecule has 0 aliphatic heterocycles. The van der Waals surface area contributed by atoms with Crippen LogP contribution in [-0.4, -0.2) is 6.61 Å². The minimum Gasteiger partial charge on any atom is -0.494 e. The predicted octanol–water partition coefficient (Wildman–Crippen LogP) is 4.40. The van der Waals surface area contributed by atoms with Crippen LogP contribution in [0.1, 0.15) is 35.2 Å². The quantitative estimate of drug-likeness (QED) is 0.905. The third-order valence-electron chi connectivity index (χ3n) is 3.37. The summed E-state index contributed by atoms with van der Waals surface area (Å²) in [5.74, 6) is 0.847. The second-order valence-corrected chi connectivity index (χ2v) is 5.39. The van der Waals surface area contributed by atoms with Gasteiger partial charge in [-0.3, -0.25) is 0 Å². The third kappa shape index (κ3) is 3.14. The van der Waals surface area contributed by atoms with E-state index >= 15 is 0 Å². The zero-order valence-electron chi connectivity index (χ0n) is 12.1. The Balaban J connectivity index is 2.46. The number of aryl methyl sites for hydroxylation is 2. The van der Waals surface area contributed by atoms with E-state index in [1.165, 1.54) is 5.56 Å². The Hall–Kier alpha value is -1.51. The molecule has 0 radical (unpaired) electrons. The molecule has 2 aromatic carbocycles. The lowest BCUT2D eigenvalue weighted by atomic mass is 9.94. The SMILES string of the molecule is CCOc1ccc(C)cc1C(N)c1ccc(Cl)cc1C. The van der Waals surface area contributed by atoms with Crippen LogP contribution >= 0.6 is 11.6 Å². The Bertz CT molecular complexity index is 610. The first-order chi connectivity index (χ1) is 9.52. The van der Waals surface area contributed by atoms with Crippen LogP contribution < -0.4 is 10.5 Å². The molecule has 0 spiro atoms. The summed E-state index contributed by atoms with van der Waals surface area (Å²) >= 11 is 6.01. The summed E-state index contributed by atoms with van der Waals surface area (Å²) in [6.07, 6.45) is 0. The van der Waals surface area contributed by atoms with E-state index in [1.54, 1.807) is 0 Å². The van der Waals surface area contributed by atoms with Crippen molar-refractivity contribution in [2.45, 2.75) is 26.8 Å². The maximum absolute atomic E-state index is 6.44. The van der Waals surface area contributed by atoms with E-state index in [0.717, 1.165) is 27.5 Å². The van der Waals surface area contributed by atoms with Gasteiger partial charge in [-0.1, -0.05) is 35.4 Å². The summed E-state index contributed by atoms with van der Waals surface area (Å²) in [7, 11) is 0. The van der Waals surface area contributed by atoms with Gasteiger partial charge in [0.2, 0.25) is 0 Å². The Morgan fingerprint density at radius 2 is 1.85 bits per heavy atom. The Kier molecular flexibility index (Phi) is 4.69. The van der Waals surface area contributed by atoms with Crippen molar-refractivity contribution in [2.75, 3.05) is 6.61 Å². The van der Waals surface area contributed by atoms with E-state index in [9.17, 15) is 0 Å². The largest absolute Gasteiger partial charge is 0.494 e. The maximum atomic E-state index is 6.44. The van der Waals surface area contributed by atoms with E-state index < -0.39 is 0 Å². The average molecular weight is 290 g/mol. The highest BCUT2D eigenvalue weighted by Crippen LogP contribution is 2.31. The van der Waals surface area contributed by atoms with Crippen LogP contribution in [0.5, 0.6) is 5.75 Å². The van der Waals surface area contributed by atoms with Crippen molar-refractivity contribution >= 4 is 11.6 Å². The topological polar surface area (TPSA) is 35.2 Å². The summed E-state index contributed by atoms with van der Waals surface area (Å²) < 4.78 is 5.69. The number of ether oxygens (including phenoxy) is 1. The lowest BCUT2D eigenvalue weighted by Gasteiger charge is -2.19. The molecule has 2 N–H and O–H groups in total. The van der Waals surface area contributed by atoms with Gasteiger partial charge in [0.15, 0.2) is 0 Å². The number of rotatable bonds is 4. The Morgan fingerprint density at radius 1 is 1.10 bits per heavy atom. The smallest absolute Gasteiger partial charge is 0.124 e. The van der Waals surface area contributed by atoms with E-state index in [4.69, 9.17) is 22.1 Å². The number of benzene rings is 2. The van der Waals surface area contributed by atoms with E-state index in [1.807, 2.05) is 44.2 Å². The van der Waals surface area contributed by atoms with E-state index in [-0.39, 0.29) is 6.04 Å². The molecule has 0 saturated heterocycles. The van der Waals surface area contributed by atoms with Crippen molar-refractivity contribution < 1.29 is 4.74 Å².